The second-order valence-electron chi connectivity index (χ2n) is 7.63. The Hall–Kier alpha value is -0.870. The summed E-state index contributed by atoms with van der Waals surface area (Å²) >= 11 is 0. The zero-order valence-electron chi connectivity index (χ0n) is 21.6. The van der Waals surface area contributed by atoms with Crippen molar-refractivity contribution in [3.05, 3.63) is 78.4 Å². The molecule has 1 amide bonds. The maximum absolute atomic E-state index is 13.2. The van der Waals surface area contributed by atoms with Gasteiger partial charge in [0.2, 0.25) is 0 Å². The largest absolute Gasteiger partial charge is 1.00 e. The molecule has 0 bridgehead atoms. The van der Waals surface area contributed by atoms with Gasteiger partial charge in [-0.05, 0) is 60.7 Å². The molecule has 0 radical (unpaired) electrons. The summed E-state index contributed by atoms with van der Waals surface area (Å²) in [4.78, 5) is 11.7. The number of hydrogen-bond acceptors (Lipinski definition) is 13. The van der Waals surface area contributed by atoms with Crippen LogP contribution in [0.3, 0.4) is 0 Å². The smallest absolute Gasteiger partial charge is 0.744 e. The van der Waals surface area contributed by atoms with Crippen LogP contribution in [-0.4, -0.2) is 56.6 Å². The fourth-order valence-electron chi connectivity index (χ4n) is 3.30. The van der Waals surface area contributed by atoms with E-state index in [2.05, 4.69) is 15.3 Å². The van der Waals surface area contributed by atoms with E-state index in [0.29, 0.717) is 0 Å². The average Bonchev–Trinajstić information content (AvgIpc) is 3.17. The molecule has 4 rings (SSSR count). The zero-order valence-corrected chi connectivity index (χ0v) is 30.1. The van der Waals surface area contributed by atoms with Crippen LogP contribution in [0, 0.1) is 0 Å². The Morgan fingerprint density at radius 2 is 1.02 bits per heavy atom. The Balaban J connectivity index is 0.00000280. The Morgan fingerprint density at radius 3 is 1.44 bits per heavy atom. The third-order valence-electron chi connectivity index (χ3n) is 5.13. The number of amides is 1. The number of carbonyl (C=O) groups excluding carboxylic acids is 1. The number of carbonyl (C=O) groups is 1. The number of hydrogen-bond donors (Lipinski definition) is 0. The van der Waals surface area contributed by atoms with E-state index in [-0.39, 0.29) is 111 Å². The summed E-state index contributed by atoms with van der Waals surface area (Å²) in [5.41, 5.74) is 0.332. The van der Waals surface area contributed by atoms with Crippen LogP contribution in [0.15, 0.2) is 103 Å². The minimum atomic E-state index is -4.75. The summed E-state index contributed by atoms with van der Waals surface area (Å²) in [6.45, 7) is 0. The van der Waals surface area contributed by atoms with Gasteiger partial charge in [0, 0.05) is 5.56 Å². The van der Waals surface area contributed by atoms with E-state index in [1.165, 1.54) is 36.4 Å². The molecule has 41 heavy (non-hydrogen) atoms. The van der Waals surface area contributed by atoms with Gasteiger partial charge in [0.05, 0.1) is 26.1 Å². The Kier molecular flexibility index (Phi) is 13.7. The normalized spacial score (nSPS) is 15.5. The van der Waals surface area contributed by atoms with E-state index in [0.717, 1.165) is 41.4 Å². The van der Waals surface area contributed by atoms with Gasteiger partial charge in [-0.2, -0.15) is 20.3 Å². The van der Waals surface area contributed by atoms with E-state index in [1.54, 1.807) is 0 Å². The van der Waals surface area contributed by atoms with Gasteiger partial charge < -0.3 is 13.7 Å². The number of rotatable bonds is 7. The molecule has 1 aliphatic rings. The first-order chi connectivity index (χ1) is 17.6. The molecule has 0 spiro atoms. The summed E-state index contributed by atoms with van der Waals surface area (Å²) in [5, 5.41) is 13.0. The van der Waals surface area contributed by atoms with Gasteiger partial charge in [0.25, 0.3) is 5.91 Å². The molecule has 20 heteroatoms. The predicted octanol–water partition coefficient (Wildman–Crippen LogP) is -7.69. The van der Waals surface area contributed by atoms with Crippen molar-refractivity contribution in [3.63, 3.8) is 0 Å². The van der Waals surface area contributed by atoms with Crippen molar-refractivity contribution < 1.29 is 132 Å². The van der Waals surface area contributed by atoms with Crippen molar-refractivity contribution in [2.24, 2.45) is 15.3 Å². The fraction of sp³-hybridized carbons (Fsp3) is 0.0476. The second-order valence-corrected chi connectivity index (χ2v) is 11.8. The first-order valence-electron chi connectivity index (χ1n) is 10.2. The van der Waals surface area contributed by atoms with Gasteiger partial charge in [0.15, 0.2) is 6.04 Å². The van der Waals surface area contributed by atoms with Crippen molar-refractivity contribution in [2.75, 3.05) is 5.01 Å². The van der Waals surface area contributed by atoms with Gasteiger partial charge >= 0.3 is 88.7 Å². The first-order valence-corrected chi connectivity index (χ1v) is 14.4. The van der Waals surface area contributed by atoms with Crippen LogP contribution in [0.25, 0.3) is 0 Å². The summed E-state index contributed by atoms with van der Waals surface area (Å²) < 4.78 is 101. The monoisotopic (exact) mass is 646 g/mol. The van der Waals surface area contributed by atoms with Crippen molar-refractivity contribution in [3.8, 4) is 0 Å². The predicted molar refractivity (Wildman–Crippen MR) is 126 cm³/mol. The van der Waals surface area contributed by atoms with Crippen LogP contribution in [-0.2, 0) is 35.1 Å². The van der Waals surface area contributed by atoms with E-state index in [4.69, 9.17) is 0 Å². The number of anilines is 1. The average molecular weight is 647 g/mol. The van der Waals surface area contributed by atoms with Crippen LogP contribution in [0.1, 0.15) is 5.56 Å². The number of benzene rings is 3. The molecule has 0 N–H and O–H groups in total. The summed E-state index contributed by atoms with van der Waals surface area (Å²) in [6, 6.07) is 11.7. The minimum Gasteiger partial charge on any atom is -0.744 e. The number of hydrazone groups is 1. The van der Waals surface area contributed by atoms with Crippen LogP contribution < -0.4 is 93.7 Å². The van der Waals surface area contributed by atoms with Gasteiger partial charge in [-0.1, -0.05) is 12.1 Å². The Labute approximate surface area is 301 Å². The first kappa shape index (κ1) is 38.2. The minimum absolute atomic E-state index is 0. The maximum atomic E-state index is 13.2. The third-order valence-corrected chi connectivity index (χ3v) is 7.68. The second kappa shape index (κ2) is 14.7. The molecule has 0 saturated carbocycles. The molecule has 1 aliphatic heterocycles. The molecule has 0 aliphatic carbocycles. The molecule has 14 nitrogen and oxygen atoms in total. The van der Waals surface area contributed by atoms with Crippen molar-refractivity contribution in [1.82, 2.24) is 0 Å². The molecule has 3 aromatic carbocycles. The molecule has 1 atom stereocenters. The number of nitrogens with zero attached hydrogens (tertiary/aromatic N) is 4. The van der Waals surface area contributed by atoms with Crippen molar-refractivity contribution in [2.45, 2.75) is 20.7 Å². The van der Waals surface area contributed by atoms with Crippen LogP contribution in [0.2, 0.25) is 0 Å². The molecule has 198 valence electrons. The van der Waals surface area contributed by atoms with Crippen LogP contribution >= 0.6 is 0 Å². The molecule has 1 unspecified atom stereocenters. The molecule has 1 heterocycles. The van der Waals surface area contributed by atoms with E-state index < -0.39 is 57.0 Å². The summed E-state index contributed by atoms with van der Waals surface area (Å²) in [5.74, 6) is -0.763. The summed E-state index contributed by atoms with van der Waals surface area (Å²) in [6.07, 6.45) is 0. The Bertz CT molecular complexity index is 1800. The van der Waals surface area contributed by atoms with E-state index in [1.807, 2.05) is 0 Å². The van der Waals surface area contributed by atoms with Gasteiger partial charge in [0.1, 0.15) is 36.1 Å². The molecular formula is C21H13N4Na3O10S3. The Morgan fingerprint density at radius 1 is 0.634 bits per heavy atom. The van der Waals surface area contributed by atoms with E-state index in [9.17, 15) is 43.7 Å². The molecular weight excluding hydrogens is 633 g/mol. The summed E-state index contributed by atoms with van der Waals surface area (Å²) in [7, 11) is -14.2. The zero-order chi connectivity index (χ0) is 27.9. The number of azo groups is 1. The van der Waals surface area contributed by atoms with Crippen LogP contribution in [0.5, 0.6) is 0 Å². The van der Waals surface area contributed by atoms with Gasteiger partial charge in [-0.3, -0.25) is 4.79 Å². The topological polar surface area (TPSA) is 229 Å². The molecule has 0 aromatic heterocycles. The van der Waals surface area contributed by atoms with Gasteiger partial charge in [-0.15, -0.1) is 0 Å². The SMILES string of the molecule is O=C1C(N=Nc2ccc(S(=O)(=O)[O-])cc2)C(c2ccc(S(=O)(=O)[O-])cc2)=NN1c1ccc(S(=O)(=O)[O-])cc1.[Na+].[Na+].[Na+]. The van der Waals surface area contributed by atoms with Crippen LogP contribution in [0.4, 0.5) is 11.4 Å². The van der Waals surface area contributed by atoms with Gasteiger partial charge in [-0.25, -0.2) is 25.3 Å². The molecule has 3 aromatic rings. The van der Waals surface area contributed by atoms with E-state index >= 15 is 0 Å². The fourth-order valence-corrected chi connectivity index (χ4v) is 4.71. The molecule has 0 fully saturated rings. The quantitative estimate of drug-likeness (QED) is 0.134. The third kappa shape index (κ3) is 9.31. The van der Waals surface area contributed by atoms with Crippen molar-refractivity contribution >= 4 is 53.3 Å². The standard InChI is InChI=1S/C21H16N4O10S3.3Na/c26-21-20(23-22-14-3-9-17(10-4-14)37(30,31)32)19(13-1-7-16(8-2-13)36(27,28)29)24-25(21)15-5-11-18(12-6-15)38(33,34)35;;;/h1-12,20H,(H,27,28,29)(H,30,31,32)(H,33,34,35);;;/q;3*+1/p-3. The maximum Gasteiger partial charge on any atom is 1.00 e. The van der Waals surface area contributed by atoms with Crippen molar-refractivity contribution in [1.29, 1.82) is 0 Å². The molecule has 0 saturated heterocycles.